The zero-order chi connectivity index (χ0) is 17.2. The summed E-state index contributed by atoms with van der Waals surface area (Å²) in [5.74, 6) is 0. The van der Waals surface area contributed by atoms with Crippen molar-refractivity contribution in [1.82, 2.24) is 9.55 Å². The second-order valence-electron chi connectivity index (χ2n) is 5.29. The highest BCUT2D eigenvalue weighted by Crippen LogP contribution is 2.39. The SMILES string of the molecule is Cc1cn([C@H]2C[C@@H](N=[N+]=[N-])[C@@H](CCP(=O)(O)O)O2)c(=O)[nH]c1=O. The molecule has 0 saturated carbocycles. The van der Waals surface area contributed by atoms with Crippen molar-refractivity contribution < 1.29 is 19.1 Å². The van der Waals surface area contributed by atoms with Crippen LogP contribution in [0.3, 0.4) is 0 Å². The molecule has 1 saturated heterocycles. The third-order valence-electron chi connectivity index (χ3n) is 3.57. The fourth-order valence-electron chi connectivity index (χ4n) is 2.43. The van der Waals surface area contributed by atoms with E-state index >= 15 is 0 Å². The molecule has 1 aromatic heterocycles. The van der Waals surface area contributed by atoms with Crippen molar-refractivity contribution in [2.75, 3.05) is 6.16 Å². The minimum Gasteiger partial charge on any atom is -0.354 e. The van der Waals surface area contributed by atoms with E-state index in [-0.39, 0.29) is 12.8 Å². The molecule has 23 heavy (non-hydrogen) atoms. The van der Waals surface area contributed by atoms with Gasteiger partial charge < -0.3 is 14.5 Å². The molecule has 2 rings (SSSR count). The van der Waals surface area contributed by atoms with Gasteiger partial charge in [-0.1, -0.05) is 5.11 Å². The average Bonchev–Trinajstić information content (AvgIpc) is 2.83. The Bertz CT molecular complexity index is 791. The Morgan fingerprint density at radius 3 is 2.87 bits per heavy atom. The Morgan fingerprint density at radius 1 is 1.57 bits per heavy atom. The molecule has 3 atom stereocenters. The maximum Gasteiger partial charge on any atom is 0.330 e. The molecular weight excluding hydrogens is 329 g/mol. The fraction of sp³-hybridized carbons (Fsp3) is 0.636. The predicted octanol–water partition coefficient (Wildman–Crippen LogP) is 0.379. The molecule has 12 heteroatoms. The maximum absolute atomic E-state index is 11.9. The Hall–Kier alpha value is -1.90. The first kappa shape index (κ1) is 17.5. The van der Waals surface area contributed by atoms with Gasteiger partial charge in [0.15, 0.2) is 0 Å². The van der Waals surface area contributed by atoms with Gasteiger partial charge in [-0.3, -0.25) is 18.9 Å². The number of H-pyrrole nitrogens is 1. The van der Waals surface area contributed by atoms with Crippen LogP contribution in [0.1, 0.15) is 24.6 Å². The number of aryl methyl sites for hydroxylation is 1. The molecule has 0 bridgehead atoms. The zero-order valence-corrected chi connectivity index (χ0v) is 13.1. The highest BCUT2D eigenvalue weighted by atomic mass is 31.2. The van der Waals surface area contributed by atoms with Crippen molar-refractivity contribution in [3.63, 3.8) is 0 Å². The molecule has 0 amide bonds. The first-order valence-electron chi connectivity index (χ1n) is 6.77. The van der Waals surface area contributed by atoms with Crippen LogP contribution in [-0.4, -0.2) is 37.6 Å². The Labute approximate surface area is 129 Å². The molecule has 2 heterocycles. The van der Waals surface area contributed by atoms with Crippen molar-refractivity contribution in [3.05, 3.63) is 43.0 Å². The fourth-order valence-corrected chi connectivity index (χ4v) is 3.02. The monoisotopic (exact) mass is 345 g/mol. The van der Waals surface area contributed by atoms with Gasteiger partial charge in [0.25, 0.3) is 5.56 Å². The number of ether oxygens (including phenoxy) is 1. The largest absolute Gasteiger partial charge is 0.354 e. The lowest BCUT2D eigenvalue weighted by molar-refractivity contribution is -0.00427. The molecule has 1 aromatic rings. The molecule has 0 aromatic carbocycles. The summed E-state index contributed by atoms with van der Waals surface area (Å²) in [6.45, 7) is 1.53. The van der Waals surface area contributed by atoms with E-state index in [4.69, 9.17) is 20.1 Å². The minimum atomic E-state index is -4.21. The van der Waals surface area contributed by atoms with Crippen molar-refractivity contribution in [1.29, 1.82) is 0 Å². The zero-order valence-electron chi connectivity index (χ0n) is 12.2. The Morgan fingerprint density at radius 2 is 2.26 bits per heavy atom. The van der Waals surface area contributed by atoms with E-state index in [0.717, 1.165) is 0 Å². The van der Waals surface area contributed by atoms with E-state index in [0.29, 0.717) is 5.56 Å². The molecular formula is C11H16N5O6P. The summed E-state index contributed by atoms with van der Waals surface area (Å²) in [7, 11) is -4.21. The number of nitrogens with one attached hydrogen (secondary N) is 1. The summed E-state index contributed by atoms with van der Waals surface area (Å²) < 4.78 is 17.8. The molecule has 0 aliphatic carbocycles. The van der Waals surface area contributed by atoms with Crippen LogP contribution in [0, 0.1) is 6.92 Å². The lowest BCUT2D eigenvalue weighted by atomic mass is 10.1. The summed E-state index contributed by atoms with van der Waals surface area (Å²) in [5.41, 5.74) is 7.74. The van der Waals surface area contributed by atoms with Gasteiger partial charge in [-0.15, -0.1) is 0 Å². The predicted molar refractivity (Wildman–Crippen MR) is 79.0 cm³/mol. The standard InChI is InChI=1S/C11H16N5O6P/c1-6-5-16(11(18)13-10(6)17)9-4-7(14-15-12)8(22-9)2-3-23(19,20)21/h5,7-9H,2-4H2,1H3,(H,13,17,18)(H2,19,20,21)/t7-,8-,9-/m1/s1. The third-order valence-corrected chi connectivity index (χ3v) is 4.41. The summed E-state index contributed by atoms with van der Waals surface area (Å²) in [6.07, 6.45) is -0.424. The van der Waals surface area contributed by atoms with Crippen LogP contribution in [-0.2, 0) is 9.30 Å². The number of aromatic nitrogens is 2. The topological polar surface area (TPSA) is 170 Å². The number of hydrogen-bond donors (Lipinski definition) is 3. The van der Waals surface area contributed by atoms with E-state index in [2.05, 4.69) is 15.0 Å². The van der Waals surface area contributed by atoms with Gasteiger partial charge >= 0.3 is 13.3 Å². The quantitative estimate of drug-likeness (QED) is 0.301. The maximum atomic E-state index is 11.9. The summed E-state index contributed by atoms with van der Waals surface area (Å²) in [4.78, 5) is 46.0. The molecule has 0 spiro atoms. The van der Waals surface area contributed by atoms with E-state index in [1.54, 1.807) is 0 Å². The third kappa shape index (κ3) is 4.31. The van der Waals surface area contributed by atoms with Crippen LogP contribution >= 0.6 is 7.60 Å². The molecule has 3 N–H and O–H groups in total. The van der Waals surface area contributed by atoms with Crippen LogP contribution < -0.4 is 11.2 Å². The second kappa shape index (κ2) is 6.69. The summed E-state index contributed by atoms with van der Waals surface area (Å²) in [6, 6.07) is -0.657. The van der Waals surface area contributed by atoms with Crippen LogP contribution in [0.4, 0.5) is 0 Å². The molecule has 0 unspecified atom stereocenters. The van der Waals surface area contributed by atoms with Crippen molar-refractivity contribution in [2.45, 2.75) is 38.1 Å². The highest BCUT2D eigenvalue weighted by Gasteiger charge is 2.37. The number of nitrogens with zero attached hydrogens (tertiary/aromatic N) is 4. The number of azide groups is 1. The minimum absolute atomic E-state index is 0.0124. The van der Waals surface area contributed by atoms with Gasteiger partial charge in [0, 0.05) is 23.1 Å². The molecule has 0 radical (unpaired) electrons. The second-order valence-corrected chi connectivity index (χ2v) is 7.07. The molecule has 126 valence electrons. The highest BCUT2D eigenvalue weighted by molar-refractivity contribution is 7.51. The van der Waals surface area contributed by atoms with Crippen molar-refractivity contribution >= 4 is 7.60 Å². The van der Waals surface area contributed by atoms with Gasteiger partial charge in [0.05, 0.1) is 18.3 Å². The average molecular weight is 345 g/mol. The van der Waals surface area contributed by atoms with E-state index in [1.165, 1.54) is 17.7 Å². The first-order chi connectivity index (χ1) is 10.7. The molecule has 1 aliphatic rings. The lowest BCUT2D eigenvalue weighted by Gasteiger charge is -2.17. The van der Waals surface area contributed by atoms with Crippen LogP contribution in [0.5, 0.6) is 0 Å². The molecule has 1 aliphatic heterocycles. The normalized spacial score (nSPS) is 24.4. The van der Waals surface area contributed by atoms with Gasteiger partial charge in [-0.05, 0) is 18.9 Å². The van der Waals surface area contributed by atoms with Crippen molar-refractivity contribution in [3.8, 4) is 0 Å². The van der Waals surface area contributed by atoms with Crippen molar-refractivity contribution in [2.24, 2.45) is 5.11 Å². The molecule has 11 nitrogen and oxygen atoms in total. The Balaban J connectivity index is 2.24. The van der Waals surface area contributed by atoms with E-state index < -0.39 is 43.4 Å². The summed E-state index contributed by atoms with van der Waals surface area (Å²) in [5, 5.41) is 3.57. The van der Waals surface area contributed by atoms with E-state index in [9.17, 15) is 14.2 Å². The smallest absolute Gasteiger partial charge is 0.330 e. The number of aromatic amines is 1. The van der Waals surface area contributed by atoms with Gasteiger partial charge in [-0.25, -0.2) is 4.79 Å². The van der Waals surface area contributed by atoms with Gasteiger partial charge in [-0.2, -0.15) is 0 Å². The number of hydrogen-bond acceptors (Lipinski definition) is 5. The summed E-state index contributed by atoms with van der Waals surface area (Å²) >= 11 is 0. The van der Waals surface area contributed by atoms with Crippen LogP contribution in [0.15, 0.2) is 20.9 Å². The van der Waals surface area contributed by atoms with Crippen LogP contribution in [0.2, 0.25) is 0 Å². The Kier molecular flexibility index (Phi) is 5.08. The van der Waals surface area contributed by atoms with Gasteiger partial charge in [0.1, 0.15) is 6.23 Å². The van der Waals surface area contributed by atoms with E-state index in [1.807, 2.05) is 0 Å². The van der Waals surface area contributed by atoms with Gasteiger partial charge in [0.2, 0.25) is 0 Å². The molecule has 1 fully saturated rings. The lowest BCUT2D eigenvalue weighted by Crippen LogP contribution is -2.33. The van der Waals surface area contributed by atoms with Crippen LogP contribution in [0.25, 0.3) is 10.4 Å². The first-order valence-corrected chi connectivity index (χ1v) is 8.57. The number of rotatable bonds is 5.